The first-order valence-corrected chi connectivity index (χ1v) is 12.4. The summed E-state index contributed by atoms with van der Waals surface area (Å²) in [6, 6.07) is 10.5. The summed E-state index contributed by atoms with van der Waals surface area (Å²) in [5.41, 5.74) is -0.0353. The molecule has 0 saturated carbocycles. The van der Waals surface area contributed by atoms with Crippen LogP contribution in [0.1, 0.15) is 50.5 Å². The van der Waals surface area contributed by atoms with Crippen LogP contribution in [-0.2, 0) is 11.3 Å². The van der Waals surface area contributed by atoms with Crippen molar-refractivity contribution in [2.75, 3.05) is 11.1 Å². The van der Waals surface area contributed by atoms with Gasteiger partial charge in [0.2, 0.25) is 0 Å². The molecule has 0 bridgehead atoms. The Bertz CT molecular complexity index is 1190. The fourth-order valence-electron chi connectivity index (χ4n) is 3.26. The number of imidazole rings is 1. The Labute approximate surface area is 207 Å². The SMILES string of the molecule is CCCCCn1cc(C(=O)Nc2ccc(F)cc2F)nc1-c1ccc(SCC(C)(C)C(=O)O)cc1. The van der Waals surface area contributed by atoms with Crippen LogP contribution < -0.4 is 5.32 Å². The van der Waals surface area contributed by atoms with Crippen molar-refractivity contribution in [2.45, 2.75) is 51.5 Å². The Hall–Kier alpha value is -3.20. The Kier molecular flexibility index (Phi) is 8.67. The van der Waals surface area contributed by atoms with E-state index in [9.17, 15) is 23.5 Å². The highest BCUT2D eigenvalue weighted by atomic mass is 32.2. The quantitative estimate of drug-likeness (QED) is 0.232. The molecule has 0 aliphatic heterocycles. The van der Waals surface area contributed by atoms with Gasteiger partial charge in [-0.2, -0.15) is 0 Å². The van der Waals surface area contributed by atoms with Crippen LogP contribution in [-0.4, -0.2) is 32.3 Å². The van der Waals surface area contributed by atoms with Gasteiger partial charge in [0.1, 0.15) is 23.2 Å². The maximum atomic E-state index is 14.0. The predicted octanol–water partition coefficient (Wildman–Crippen LogP) is 6.47. The second-order valence-corrected chi connectivity index (χ2v) is 9.98. The predicted molar refractivity (Wildman–Crippen MR) is 134 cm³/mol. The fraction of sp³-hybridized carbons (Fsp3) is 0.346. The monoisotopic (exact) mass is 501 g/mol. The number of nitrogens with one attached hydrogen (secondary N) is 1. The zero-order chi connectivity index (χ0) is 25.6. The van der Waals surface area contributed by atoms with Crippen molar-refractivity contribution in [3.63, 3.8) is 0 Å². The number of aryl methyl sites for hydroxylation is 1. The van der Waals surface area contributed by atoms with Gasteiger partial charge in [-0.3, -0.25) is 9.59 Å². The molecule has 1 aromatic heterocycles. The van der Waals surface area contributed by atoms with Gasteiger partial charge in [-0.25, -0.2) is 13.8 Å². The number of halogens is 2. The summed E-state index contributed by atoms with van der Waals surface area (Å²) < 4.78 is 29.1. The lowest BCUT2D eigenvalue weighted by Crippen LogP contribution is -2.26. The molecule has 35 heavy (non-hydrogen) atoms. The van der Waals surface area contributed by atoms with Crippen LogP contribution in [0.2, 0.25) is 0 Å². The molecule has 0 aliphatic rings. The number of unbranched alkanes of at least 4 members (excludes halogenated alkanes) is 2. The third-order valence-corrected chi connectivity index (χ3v) is 6.95. The Morgan fingerprint density at radius 1 is 1.11 bits per heavy atom. The lowest BCUT2D eigenvalue weighted by molar-refractivity contribution is -0.145. The third kappa shape index (κ3) is 6.91. The first-order valence-electron chi connectivity index (χ1n) is 11.4. The maximum absolute atomic E-state index is 14.0. The highest BCUT2D eigenvalue weighted by molar-refractivity contribution is 7.99. The number of hydrogen-bond acceptors (Lipinski definition) is 4. The second-order valence-electron chi connectivity index (χ2n) is 8.93. The van der Waals surface area contributed by atoms with E-state index in [0.717, 1.165) is 35.8 Å². The molecule has 2 aromatic carbocycles. The molecule has 9 heteroatoms. The number of benzene rings is 2. The van der Waals surface area contributed by atoms with Gasteiger partial charge in [-0.15, -0.1) is 11.8 Å². The van der Waals surface area contributed by atoms with Gasteiger partial charge >= 0.3 is 5.97 Å². The molecule has 3 aromatic rings. The molecule has 0 atom stereocenters. The van der Waals surface area contributed by atoms with E-state index in [1.807, 2.05) is 28.8 Å². The summed E-state index contributed by atoms with van der Waals surface area (Å²) in [6.07, 6.45) is 4.61. The van der Waals surface area contributed by atoms with Crippen molar-refractivity contribution in [1.82, 2.24) is 9.55 Å². The lowest BCUT2D eigenvalue weighted by Gasteiger charge is -2.18. The molecule has 0 aliphatic carbocycles. The van der Waals surface area contributed by atoms with E-state index < -0.39 is 28.9 Å². The topological polar surface area (TPSA) is 84.2 Å². The van der Waals surface area contributed by atoms with Crippen molar-refractivity contribution in [1.29, 1.82) is 0 Å². The summed E-state index contributed by atoms with van der Waals surface area (Å²) in [5, 5.41) is 11.8. The lowest BCUT2D eigenvalue weighted by atomic mass is 9.97. The number of carbonyl (C=O) groups excluding carboxylic acids is 1. The number of carboxylic acid groups (broad SMARTS) is 1. The Morgan fingerprint density at radius 2 is 1.83 bits per heavy atom. The molecule has 186 valence electrons. The van der Waals surface area contributed by atoms with E-state index >= 15 is 0 Å². The first kappa shape index (κ1) is 26.4. The molecular formula is C26H29F2N3O3S. The molecule has 1 heterocycles. The molecule has 3 rings (SSSR count). The van der Waals surface area contributed by atoms with Gasteiger partial charge < -0.3 is 15.0 Å². The molecule has 0 saturated heterocycles. The number of thioether (sulfide) groups is 1. The largest absolute Gasteiger partial charge is 0.481 e. The molecule has 0 spiro atoms. The van der Waals surface area contributed by atoms with Crippen LogP contribution in [0.3, 0.4) is 0 Å². The van der Waals surface area contributed by atoms with E-state index in [2.05, 4.69) is 17.2 Å². The summed E-state index contributed by atoms with van der Waals surface area (Å²) >= 11 is 1.46. The summed E-state index contributed by atoms with van der Waals surface area (Å²) in [5.74, 6) is -1.99. The molecule has 0 radical (unpaired) electrons. The molecule has 0 fully saturated rings. The van der Waals surface area contributed by atoms with Crippen molar-refractivity contribution < 1.29 is 23.5 Å². The van der Waals surface area contributed by atoms with Crippen LogP contribution >= 0.6 is 11.8 Å². The Balaban J connectivity index is 1.82. The minimum atomic E-state index is -0.861. The summed E-state index contributed by atoms with van der Waals surface area (Å²) in [6.45, 7) is 6.15. The number of rotatable bonds is 11. The summed E-state index contributed by atoms with van der Waals surface area (Å²) in [7, 11) is 0. The van der Waals surface area contributed by atoms with Gasteiger partial charge in [0.15, 0.2) is 0 Å². The first-order chi connectivity index (χ1) is 16.6. The van der Waals surface area contributed by atoms with Crippen molar-refractivity contribution in [2.24, 2.45) is 5.41 Å². The smallest absolute Gasteiger partial charge is 0.309 e. The molecule has 1 amide bonds. The average molecular weight is 502 g/mol. The normalized spacial score (nSPS) is 11.5. The maximum Gasteiger partial charge on any atom is 0.309 e. The minimum Gasteiger partial charge on any atom is -0.481 e. The van der Waals surface area contributed by atoms with Crippen LogP contribution in [0.5, 0.6) is 0 Å². The number of hydrogen-bond donors (Lipinski definition) is 2. The molecule has 6 nitrogen and oxygen atoms in total. The fourth-order valence-corrected chi connectivity index (χ4v) is 4.24. The van der Waals surface area contributed by atoms with E-state index in [1.54, 1.807) is 20.0 Å². The van der Waals surface area contributed by atoms with Crippen molar-refractivity contribution in [3.8, 4) is 11.4 Å². The Morgan fingerprint density at radius 3 is 2.46 bits per heavy atom. The highest BCUT2D eigenvalue weighted by Crippen LogP contribution is 2.30. The van der Waals surface area contributed by atoms with E-state index in [0.29, 0.717) is 24.2 Å². The average Bonchev–Trinajstić information content (AvgIpc) is 3.24. The van der Waals surface area contributed by atoms with Crippen LogP contribution in [0, 0.1) is 17.0 Å². The number of aromatic nitrogens is 2. The minimum absolute atomic E-state index is 0.121. The van der Waals surface area contributed by atoms with Gasteiger partial charge in [-0.1, -0.05) is 31.9 Å². The summed E-state index contributed by atoms with van der Waals surface area (Å²) in [4.78, 5) is 29.5. The number of anilines is 1. The van der Waals surface area contributed by atoms with E-state index in [-0.39, 0.29) is 11.4 Å². The van der Waals surface area contributed by atoms with Gasteiger partial charge in [0.05, 0.1) is 11.1 Å². The number of carboxylic acids is 1. The number of amides is 1. The van der Waals surface area contributed by atoms with Crippen molar-refractivity contribution in [3.05, 3.63) is 66.0 Å². The van der Waals surface area contributed by atoms with Gasteiger partial charge in [0, 0.05) is 35.0 Å². The molecular weight excluding hydrogens is 472 g/mol. The number of aliphatic carboxylic acids is 1. The second kappa shape index (κ2) is 11.5. The molecule has 2 N–H and O–H groups in total. The van der Waals surface area contributed by atoms with Crippen LogP contribution in [0.25, 0.3) is 11.4 Å². The zero-order valence-electron chi connectivity index (χ0n) is 20.0. The van der Waals surface area contributed by atoms with Gasteiger partial charge in [-0.05, 0) is 44.5 Å². The van der Waals surface area contributed by atoms with Crippen molar-refractivity contribution >= 4 is 29.3 Å². The zero-order valence-corrected chi connectivity index (χ0v) is 20.8. The third-order valence-electron chi connectivity index (χ3n) is 5.48. The van der Waals surface area contributed by atoms with Crippen LogP contribution in [0.15, 0.2) is 53.6 Å². The van der Waals surface area contributed by atoms with E-state index in [1.165, 1.54) is 17.8 Å². The van der Waals surface area contributed by atoms with E-state index in [4.69, 9.17) is 0 Å². The van der Waals surface area contributed by atoms with Gasteiger partial charge in [0.25, 0.3) is 5.91 Å². The molecule has 0 unspecified atom stereocenters. The highest BCUT2D eigenvalue weighted by Gasteiger charge is 2.27. The van der Waals surface area contributed by atoms with Crippen LogP contribution in [0.4, 0.5) is 14.5 Å². The standard InChI is InChI=1S/C26H29F2N3O3S/c1-4-5-6-13-31-15-22(24(32)30-21-12-9-18(27)14-20(21)28)29-23(31)17-7-10-19(11-8-17)35-16-26(2,3)25(33)34/h7-12,14-15H,4-6,13,16H2,1-3H3,(H,30,32)(H,33,34). The number of carbonyl (C=O) groups is 2. The number of nitrogens with zero attached hydrogens (tertiary/aromatic N) is 2.